The fourth-order valence-electron chi connectivity index (χ4n) is 2.61. The van der Waals surface area contributed by atoms with Gasteiger partial charge in [-0.15, -0.1) is 0 Å². The van der Waals surface area contributed by atoms with Crippen LogP contribution in [-0.2, 0) is 4.79 Å². The second-order valence-corrected chi connectivity index (χ2v) is 6.30. The van der Waals surface area contributed by atoms with Gasteiger partial charge in [-0.05, 0) is 37.3 Å². The van der Waals surface area contributed by atoms with E-state index in [9.17, 15) is 4.79 Å². The molecule has 122 valence electrons. The number of fused-ring (bicyclic) bond motifs is 1. The lowest BCUT2D eigenvalue weighted by Crippen LogP contribution is -2.43. The van der Waals surface area contributed by atoms with Gasteiger partial charge in [-0.3, -0.25) is 4.79 Å². The van der Waals surface area contributed by atoms with Crippen molar-refractivity contribution >= 4 is 52.0 Å². The van der Waals surface area contributed by atoms with Crippen molar-refractivity contribution in [3.63, 3.8) is 0 Å². The second kappa shape index (κ2) is 6.67. The van der Waals surface area contributed by atoms with Gasteiger partial charge in [0, 0.05) is 15.7 Å². The first-order valence-electron chi connectivity index (χ1n) is 7.40. The SMILES string of the molecule is C=Cn1c[n+]([C@@H](C)C(=O)Nc2cc(Cl)cc(Cl)c2)c2ccccc21. The quantitative estimate of drug-likeness (QED) is 0.681. The number of halogens is 2. The van der Waals surface area contributed by atoms with Gasteiger partial charge in [0.25, 0.3) is 5.91 Å². The van der Waals surface area contributed by atoms with Crippen LogP contribution < -0.4 is 9.88 Å². The Morgan fingerprint density at radius 3 is 2.58 bits per heavy atom. The van der Waals surface area contributed by atoms with E-state index in [-0.39, 0.29) is 5.91 Å². The molecule has 1 heterocycles. The molecule has 2 aromatic carbocycles. The fraction of sp³-hybridized carbons (Fsp3) is 0.111. The number of hydrogen-bond acceptors (Lipinski definition) is 1. The largest absolute Gasteiger partial charge is 0.322 e. The molecule has 0 aliphatic heterocycles. The van der Waals surface area contributed by atoms with Crippen molar-refractivity contribution in [2.75, 3.05) is 5.32 Å². The number of imidazole rings is 1. The third-order valence-corrected chi connectivity index (χ3v) is 4.25. The summed E-state index contributed by atoms with van der Waals surface area (Å²) < 4.78 is 3.79. The first-order chi connectivity index (χ1) is 11.5. The molecular formula is C18H16Cl2N3O+. The first-order valence-corrected chi connectivity index (χ1v) is 8.15. The predicted octanol–water partition coefficient (Wildman–Crippen LogP) is 4.54. The molecule has 0 unspecified atom stereocenters. The Hall–Kier alpha value is -2.30. The Bertz CT molecular complexity index is 913. The normalized spacial score (nSPS) is 12.1. The number of benzene rings is 2. The van der Waals surface area contributed by atoms with E-state index in [0.717, 1.165) is 11.0 Å². The third kappa shape index (κ3) is 3.16. The van der Waals surface area contributed by atoms with E-state index in [1.165, 1.54) is 0 Å². The monoisotopic (exact) mass is 360 g/mol. The number of nitrogens with one attached hydrogen (secondary N) is 1. The standard InChI is InChI=1S/C18H15Cl2N3O/c1-3-22-11-23(17-7-5-4-6-16(17)22)12(2)18(24)21-15-9-13(19)8-14(20)10-15/h3-12H,1H2,2H3/p+1/t12-/m0/s1. The molecule has 3 aromatic rings. The van der Waals surface area contributed by atoms with Gasteiger partial charge in [0.15, 0.2) is 17.1 Å². The molecule has 0 fully saturated rings. The molecule has 1 atom stereocenters. The lowest BCUT2D eigenvalue weighted by atomic mass is 10.2. The highest BCUT2D eigenvalue weighted by Gasteiger charge is 2.24. The van der Waals surface area contributed by atoms with E-state index in [4.69, 9.17) is 23.2 Å². The molecule has 4 nitrogen and oxygen atoms in total. The molecule has 0 radical (unpaired) electrons. The van der Waals surface area contributed by atoms with Crippen molar-refractivity contribution in [3.8, 4) is 0 Å². The topological polar surface area (TPSA) is 37.9 Å². The molecule has 6 heteroatoms. The molecule has 0 saturated heterocycles. The van der Waals surface area contributed by atoms with Crippen LogP contribution in [0.25, 0.3) is 17.2 Å². The van der Waals surface area contributed by atoms with Crippen LogP contribution in [0.2, 0.25) is 10.0 Å². The van der Waals surface area contributed by atoms with Gasteiger partial charge < -0.3 is 5.32 Å². The number of anilines is 1. The van der Waals surface area contributed by atoms with E-state index in [0.29, 0.717) is 15.7 Å². The molecule has 1 N–H and O–H groups in total. The van der Waals surface area contributed by atoms with Crippen LogP contribution in [0.3, 0.4) is 0 Å². The smallest absolute Gasteiger partial charge is 0.269 e. The molecule has 0 aliphatic carbocycles. The number of para-hydroxylation sites is 2. The summed E-state index contributed by atoms with van der Waals surface area (Å²) in [6.45, 7) is 5.64. The number of aromatic nitrogens is 2. The summed E-state index contributed by atoms with van der Waals surface area (Å²) >= 11 is 12.0. The van der Waals surface area contributed by atoms with Crippen LogP contribution in [0.4, 0.5) is 5.69 Å². The lowest BCUT2D eigenvalue weighted by molar-refractivity contribution is -0.680. The highest BCUT2D eigenvalue weighted by atomic mass is 35.5. The average molecular weight is 361 g/mol. The van der Waals surface area contributed by atoms with Gasteiger partial charge in [-0.1, -0.05) is 41.9 Å². The van der Waals surface area contributed by atoms with Crippen molar-refractivity contribution in [2.24, 2.45) is 0 Å². The summed E-state index contributed by atoms with van der Waals surface area (Å²) in [6.07, 6.45) is 3.56. The molecule has 0 bridgehead atoms. The minimum atomic E-state index is -0.422. The zero-order valence-corrected chi connectivity index (χ0v) is 14.6. The van der Waals surface area contributed by atoms with Crippen LogP contribution >= 0.6 is 23.2 Å². The van der Waals surface area contributed by atoms with E-state index >= 15 is 0 Å². The van der Waals surface area contributed by atoms with Gasteiger partial charge in [0.05, 0.1) is 6.20 Å². The number of carbonyl (C=O) groups is 1. The molecule has 0 spiro atoms. The predicted molar refractivity (Wildman–Crippen MR) is 98.3 cm³/mol. The Morgan fingerprint density at radius 2 is 1.92 bits per heavy atom. The zero-order valence-electron chi connectivity index (χ0n) is 13.0. The number of rotatable bonds is 4. The highest BCUT2D eigenvalue weighted by Crippen LogP contribution is 2.23. The van der Waals surface area contributed by atoms with E-state index in [2.05, 4.69) is 11.9 Å². The van der Waals surface area contributed by atoms with Crippen LogP contribution in [0.5, 0.6) is 0 Å². The summed E-state index contributed by atoms with van der Waals surface area (Å²) in [4.78, 5) is 12.6. The highest BCUT2D eigenvalue weighted by molar-refractivity contribution is 6.35. The van der Waals surface area contributed by atoms with Gasteiger partial charge in [0.1, 0.15) is 0 Å². The Kier molecular flexibility index (Phi) is 4.60. The van der Waals surface area contributed by atoms with Crippen molar-refractivity contribution in [1.29, 1.82) is 0 Å². The minimum absolute atomic E-state index is 0.162. The summed E-state index contributed by atoms with van der Waals surface area (Å²) in [5, 5.41) is 3.80. The molecular weight excluding hydrogens is 345 g/mol. The zero-order chi connectivity index (χ0) is 17.3. The molecule has 0 aliphatic rings. The van der Waals surface area contributed by atoms with Crippen LogP contribution in [-0.4, -0.2) is 10.5 Å². The summed E-state index contributed by atoms with van der Waals surface area (Å²) in [6, 6.07) is 12.4. The average Bonchev–Trinajstić information content (AvgIpc) is 2.92. The number of carbonyl (C=O) groups excluding carboxylic acids is 1. The molecule has 3 rings (SSSR count). The molecule has 24 heavy (non-hydrogen) atoms. The summed E-state index contributed by atoms with van der Waals surface area (Å²) in [7, 11) is 0. The van der Waals surface area contributed by atoms with Gasteiger partial charge >= 0.3 is 0 Å². The fourth-order valence-corrected chi connectivity index (χ4v) is 3.14. The minimum Gasteiger partial charge on any atom is -0.322 e. The van der Waals surface area contributed by atoms with Crippen molar-refractivity contribution < 1.29 is 9.36 Å². The Balaban J connectivity index is 1.92. The first kappa shape index (κ1) is 16.6. The number of amides is 1. The van der Waals surface area contributed by atoms with Crippen LogP contribution in [0.15, 0.2) is 55.4 Å². The lowest BCUT2D eigenvalue weighted by Gasteiger charge is -2.11. The van der Waals surface area contributed by atoms with Crippen molar-refractivity contribution in [2.45, 2.75) is 13.0 Å². The van der Waals surface area contributed by atoms with E-state index in [1.54, 1.807) is 24.4 Å². The van der Waals surface area contributed by atoms with Crippen LogP contribution in [0, 0.1) is 0 Å². The summed E-state index contributed by atoms with van der Waals surface area (Å²) in [5.74, 6) is -0.162. The van der Waals surface area contributed by atoms with Gasteiger partial charge in [-0.25, -0.2) is 9.13 Å². The Labute approximate surface area is 149 Å². The van der Waals surface area contributed by atoms with Gasteiger partial charge in [0.2, 0.25) is 6.33 Å². The molecule has 1 amide bonds. The Morgan fingerprint density at radius 1 is 1.25 bits per heavy atom. The van der Waals surface area contributed by atoms with E-state index < -0.39 is 6.04 Å². The van der Waals surface area contributed by atoms with Crippen molar-refractivity contribution in [3.05, 3.63) is 65.4 Å². The maximum atomic E-state index is 12.6. The number of hydrogen-bond donors (Lipinski definition) is 1. The van der Waals surface area contributed by atoms with Crippen molar-refractivity contribution in [1.82, 2.24) is 4.57 Å². The molecule has 0 saturated carbocycles. The van der Waals surface area contributed by atoms with E-state index in [1.807, 2.05) is 46.7 Å². The molecule has 1 aromatic heterocycles. The van der Waals surface area contributed by atoms with Gasteiger partial charge in [-0.2, -0.15) is 0 Å². The number of nitrogens with zero attached hydrogens (tertiary/aromatic N) is 2. The maximum Gasteiger partial charge on any atom is 0.269 e. The maximum absolute atomic E-state index is 12.6. The third-order valence-electron chi connectivity index (χ3n) is 3.81. The van der Waals surface area contributed by atoms with Crippen LogP contribution in [0.1, 0.15) is 13.0 Å². The summed E-state index contributed by atoms with van der Waals surface area (Å²) in [5.41, 5.74) is 2.50. The second-order valence-electron chi connectivity index (χ2n) is 5.42.